The molecule has 0 saturated carbocycles. The third-order valence-electron chi connectivity index (χ3n) is 4.79. The van der Waals surface area contributed by atoms with Gasteiger partial charge in [0.15, 0.2) is 0 Å². The fraction of sp³-hybridized carbons (Fsp3) is 0.300. The summed E-state index contributed by atoms with van der Waals surface area (Å²) in [5.41, 5.74) is 6.44. The summed E-state index contributed by atoms with van der Waals surface area (Å²) in [6, 6.07) is 14.7. The van der Waals surface area contributed by atoms with Crippen LogP contribution >= 0.6 is 0 Å². The van der Waals surface area contributed by atoms with Gasteiger partial charge in [-0.15, -0.1) is 0 Å². The van der Waals surface area contributed by atoms with Crippen molar-refractivity contribution in [2.24, 2.45) is 7.05 Å². The number of benzene rings is 1. The van der Waals surface area contributed by atoms with E-state index < -0.39 is 0 Å². The minimum atomic E-state index is 0.968. The van der Waals surface area contributed by atoms with Crippen LogP contribution in [0.25, 0.3) is 11.3 Å². The van der Waals surface area contributed by atoms with Crippen molar-refractivity contribution in [3.8, 4) is 11.3 Å². The predicted molar refractivity (Wildman–Crippen MR) is 95.6 cm³/mol. The normalized spacial score (nSPS) is 15.0. The van der Waals surface area contributed by atoms with Gasteiger partial charge in [0.05, 0.1) is 5.69 Å². The monoisotopic (exact) mass is 318 g/mol. The van der Waals surface area contributed by atoms with E-state index >= 15 is 0 Å². The second kappa shape index (κ2) is 6.57. The first-order valence-electron chi connectivity index (χ1n) is 8.52. The number of fused-ring (bicyclic) bond motifs is 1. The van der Waals surface area contributed by atoms with Crippen LogP contribution in [0.3, 0.4) is 0 Å². The number of hydrogen-bond donors (Lipinski definition) is 0. The first-order chi connectivity index (χ1) is 11.8. The third-order valence-corrected chi connectivity index (χ3v) is 4.79. The molecule has 0 saturated heterocycles. The van der Waals surface area contributed by atoms with E-state index in [9.17, 15) is 0 Å². The van der Waals surface area contributed by atoms with Gasteiger partial charge in [0.2, 0.25) is 0 Å². The first-order valence-corrected chi connectivity index (χ1v) is 8.52. The number of aromatic nitrogens is 3. The zero-order chi connectivity index (χ0) is 16.4. The number of nitrogens with zero attached hydrogens (tertiary/aromatic N) is 4. The lowest BCUT2D eigenvalue weighted by atomic mass is 10.0. The lowest BCUT2D eigenvalue weighted by Gasteiger charge is -2.19. The lowest BCUT2D eigenvalue weighted by Crippen LogP contribution is -2.26. The van der Waals surface area contributed by atoms with Crippen molar-refractivity contribution in [2.75, 3.05) is 13.1 Å². The molecule has 122 valence electrons. The summed E-state index contributed by atoms with van der Waals surface area (Å²) in [4.78, 5) is 6.75. The Morgan fingerprint density at radius 2 is 1.83 bits per heavy atom. The molecule has 24 heavy (non-hydrogen) atoms. The minimum Gasteiger partial charge on any atom is -0.298 e. The quantitative estimate of drug-likeness (QED) is 0.744. The van der Waals surface area contributed by atoms with Crippen molar-refractivity contribution >= 4 is 0 Å². The maximum absolute atomic E-state index is 4.80. The molecular formula is C20H22N4. The summed E-state index contributed by atoms with van der Waals surface area (Å²) in [5.74, 6) is 0. The number of hydrogen-bond acceptors (Lipinski definition) is 3. The summed E-state index contributed by atoms with van der Waals surface area (Å²) < 4.78 is 2.07. The molecule has 0 unspecified atom stereocenters. The molecule has 2 aromatic heterocycles. The van der Waals surface area contributed by atoms with E-state index in [1.807, 2.05) is 18.5 Å². The number of aryl methyl sites for hydroxylation is 1. The molecule has 4 nitrogen and oxygen atoms in total. The van der Waals surface area contributed by atoms with Gasteiger partial charge in [0.1, 0.15) is 0 Å². The summed E-state index contributed by atoms with van der Waals surface area (Å²) in [6.07, 6.45) is 5.90. The molecule has 0 radical (unpaired) electrons. The van der Waals surface area contributed by atoms with Gasteiger partial charge in [-0.25, -0.2) is 0 Å². The average molecular weight is 318 g/mol. The Balaban J connectivity index is 1.57. The van der Waals surface area contributed by atoms with Gasteiger partial charge in [-0.05, 0) is 18.1 Å². The third kappa shape index (κ3) is 2.97. The van der Waals surface area contributed by atoms with Gasteiger partial charge in [0, 0.05) is 62.3 Å². The summed E-state index contributed by atoms with van der Waals surface area (Å²) in [5, 5.41) is 4.80. The molecule has 0 amide bonds. The summed E-state index contributed by atoms with van der Waals surface area (Å²) in [6.45, 7) is 3.10. The molecule has 1 aliphatic heterocycles. The Morgan fingerprint density at radius 1 is 1.00 bits per heavy atom. The highest BCUT2D eigenvalue weighted by Crippen LogP contribution is 2.28. The molecule has 3 aromatic rings. The Morgan fingerprint density at radius 3 is 2.62 bits per heavy atom. The van der Waals surface area contributed by atoms with Crippen LogP contribution in [0.1, 0.15) is 16.8 Å². The van der Waals surface area contributed by atoms with Crippen molar-refractivity contribution < 1.29 is 0 Å². The van der Waals surface area contributed by atoms with Gasteiger partial charge in [-0.2, -0.15) is 5.10 Å². The largest absolute Gasteiger partial charge is 0.298 e. The van der Waals surface area contributed by atoms with E-state index in [1.54, 1.807) is 0 Å². The molecule has 0 atom stereocenters. The van der Waals surface area contributed by atoms with Crippen LogP contribution in [-0.2, 0) is 26.4 Å². The van der Waals surface area contributed by atoms with E-state index in [0.29, 0.717) is 0 Å². The van der Waals surface area contributed by atoms with E-state index in [4.69, 9.17) is 5.10 Å². The zero-order valence-electron chi connectivity index (χ0n) is 14.0. The molecule has 4 rings (SSSR count). The van der Waals surface area contributed by atoms with Crippen molar-refractivity contribution in [2.45, 2.75) is 19.4 Å². The van der Waals surface area contributed by atoms with Crippen LogP contribution in [0.5, 0.6) is 0 Å². The van der Waals surface area contributed by atoms with Crippen molar-refractivity contribution in [1.82, 2.24) is 19.7 Å². The van der Waals surface area contributed by atoms with Crippen LogP contribution in [0, 0.1) is 0 Å². The molecule has 1 aromatic carbocycles. The van der Waals surface area contributed by atoms with Crippen LogP contribution in [0.15, 0.2) is 54.9 Å². The Kier molecular flexibility index (Phi) is 4.13. The Hall–Kier alpha value is -2.46. The van der Waals surface area contributed by atoms with Gasteiger partial charge < -0.3 is 0 Å². The Bertz CT molecular complexity index is 808. The van der Waals surface area contributed by atoms with Gasteiger partial charge in [-0.3, -0.25) is 14.6 Å². The zero-order valence-corrected chi connectivity index (χ0v) is 14.0. The van der Waals surface area contributed by atoms with E-state index in [2.05, 4.69) is 58.0 Å². The van der Waals surface area contributed by atoms with Gasteiger partial charge in [-0.1, -0.05) is 36.4 Å². The van der Waals surface area contributed by atoms with Crippen molar-refractivity contribution in [1.29, 1.82) is 0 Å². The predicted octanol–water partition coefficient (Wildman–Crippen LogP) is 3.08. The highest BCUT2D eigenvalue weighted by atomic mass is 15.3. The average Bonchev–Trinajstić information content (AvgIpc) is 2.80. The van der Waals surface area contributed by atoms with Crippen LogP contribution < -0.4 is 0 Å². The Labute approximate surface area is 142 Å². The van der Waals surface area contributed by atoms with Gasteiger partial charge in [0.25, 0.3) is 0 Å². The lowest BCUT2D eigenvalue weighted by molar-refractivity contribution is 0.277. The standard InChI is InChI=1S/C20H22N4/c1-23-19-10-13-24(15-16-6-5-11-21-14-16)12-9-18(19)20(22-23)17-7-3-2-4-8-17/h2-8,11,14H,9-10,12-13,15H2,1H3. The SMILES string of the molecule is Cn1nc(-c2ccccc2)c2c1CCN(Cc1cccnc1)CC2. The molecule has 1 aliphatic rings. The first kappa shape index (κ1) is 15.1. The minimum absolute atomic E-state index is 0.968. The van der Waals surface area contributed by atoms with Gasteiger partial charge >= 0.3 is 0 Å². The second-order valence-corrected chi connectivity index (χ2v) is 6.40. The molecular weight excluding hydrogens is 296 g/mol. The maximum atomic E-state index is 4.80. The molecule has 0 bridgehead atoms. The maximum Gasteiger partial charge on any atom is 0.0958 e. The highest BCUT2D eigenvalue weighted by molar-refractivity contribution is 5.64. The number of pyridine rings is 1. The molecule has 4 heteroatoms. The van der Waals surface area contributed by atoms with Crippen LogP contribution in [-0.4, -0.2) is 32.8 Å². The molecule has 0 N–H and O–H groups in total. The highest BCUT2D eigenvalue weighted by Gasteiger charge is 2.22. The van der Waals surface area contributed by atoms with E-state index in [-0.39, 0.29) is 0 Å². The van der Waals surface area contributed by atoms with Crippen LogP contribution in [0.4, 0.5) is 0 Å². The fourth-order valence-electron chi connectivity index (χ4n) is 3.56. The number of rotatable bonds is 3. The van der Waals surface area contributed by atoms with Crippen molar-refractivity contribution in [3.63, 3.8) is 0 Å². The smallest absolute Gasteiger partial charge is 0.0958 e. The molecule has 0 aliphatic carbocycles. The molecule has 0 fully saturated rings. The summed E-state index contributed by atoms with van der Waals surface area (Å²) >= 11 is 0. The van der Waals surface area contributed by atoms with E-state index in [1.165, 1.54) is 22.4 Å². The fourth-order valence-corrected chi connectivity index (χ4v) is 3.56. The topological polar surface area (TPSA) is 34.0 Å². The van der Waals surface area contributed by atoms with E-state index in [0.717, 1.165) is 38.2 Å². The summed E-state index contributed by atoms with van der Waals surface area (Å²) in [7, 11) is 2.07. The van der Waals surface area contributed by atoms with Crippen LogP contribution in [0.2, 0.25) is 0 Å². The molecule has 3 heterocycles. The second-order valence-electron chi connectivity index (χ2n) is 6.40. The van der Waals surface area contributed by atoms with Crippen molar-refractivity contribution in [3.05, 3.63) is 71.7 Å². The molecule has 0 spiro atoms.